The minimum absolute atomic E-state index is 0.597. The zero-order valence-corrected chi connectivity index (χ0v) is 38.9. The number of nitrogens with zero attached hydrogens (tertiary/aromatic N) is 2. The maximum Gasteiger partial charge on any atom is 0.0726 e. The summed E-state index contributed by atoms with van der Waals surface area (Å²) >= 11 is 1.90. The SMILES string of the molecule is c1ccc(-c2ccc(N(c3ccc4c(c3)-c3ccccc3-c3ccccc3C43c4ccccc4-c4cc5c(cc43)sc3ccccc35)c3ccc4c(c3)c3ccccc3n4-c3ccccc3)cc2)cc1. The predicted molar refractivity (Wildman–Crippen MR) is 296 cm³/mol. The molecule has 2 aliphatic carbocycles. The van der Waals surface area contributed by atoms with Crippen LogP contribution in [0.3, 0.4) is 0 Å². The van der Waals surface area contributed by atoms with Crippen LogP contribution in [0.4, 0.5) is 17.1 Å². The monoisotopic (exact) mass is 906 g/mol. The maximum absolute atomic E-state index is 2.54. The van der Waals surface area contributed by atoms with Gasteiger partial charge in [0.05, 0.1) is 16.4 Å². The van der Waals surface area contributed by atoms with Crippen LogP contribution in [0.5, 0.6) is 0 Å². The van der Waals surface area contributed by atoms with E-state index in [4.69, 9.17) is 0 Å². The van der Waals surface area contributed by atoms with Crippen molar-refractivity contribution >= 4 is 70.4 Å². The average Bonchev–Trinajstić information content (AvgIpc) is 4.04. The molecule has 0 saturated heterocycles. The lowest BCUT2D eigenvalue weighted by Crippen LogP contribution is -2.29. The Hall–Kier alpha value is -8.76. The van der Waals surface area contributed by atoms with Gasteiger partial charge in [-0.1, -0.05) is 176 Å². The second kappa shape index (κ2) is 15.1. The highest BCUT2D eigenvalue weighted by Gasteiger charge is 2.50. The Labute approximate surface area is 410 Å². The Kier molecular flexibility index (Phi) is 8.48. The van der Waals surface area contributed by atoms with Gasteiger partial charge in [-0.3, -0.25) is 0 Å². The minimum Gasteiger partial charge on any atom is -0.310 e. The molecule has 0 fully saturated rings. The van der Waals surface area contributed by atoms with Gasteiger partial charge in [0.1, 0.15) is 0 Å². The summed E-state index contributed by atoms with van der Waals surface area (Å²) in [4.78, 5) is 2.47. The van der Waals surface area contributed by atoms with E-state index in [-0.39, 0.29) is 0 Å². The molecule has 2 nitrogen and oxygen atoms in total. The first kappa shape index (κ1) is 39.3. The van der Waals surface area contributed by atoms with E-state index in [1.54, 1.807) is 0 Å². The highest BCUT2D eigenvalue weighted by Crippen LogP contribution is 2.63. The summed E-state index contributed by atoms with van der Waals surface area (Å²) in [5.74, 6) is 0. The Bertz CT molecular complexity index is 4240. The fourth-order valence-electron chi connectivity index (χ4n) is 12.3. The Morgan fingerprint density at radius 3 is 1.60 bits per heavy atom. The van der Waals surface area contributed by atoms with Gasteiger partial charge in [-0.2, -0.15) is 0 Å². The fourth-order valence-corrected chi connectivity index (χ4v) is 13.4. The summed E-state index contributed by atoms with van der Waals surface area (Å²) < 4.78 is 5.04. The van der Waals surface area contributed by atoms with Crippen molar-refractivity contribution in [3.05, 3.63) is 277 Å². The van der Waals surface area contributed by atoms with Crippen molar-refractivity contribution in [2.24, 2.45) is 0 Å². The number of hydrogen-bond donors (Lipinski definition) is 0. The summed E-state index contributed by atoms with van der Waals surface area (Å²) in [6.45, 7) is 0. The number of rotatable bonds is 5. The minimum atomic E-state index is -0.597. The quantitative estimate of drug-likeness (QED) is 0.167. The van der Waals surface area contributed by atoms with Crippen LogP contribution in [0.2, 0.25) is 0 Å². The number of benzene rings is 11. The molecule has 3 heteroatoms. The Balaban J connectivity index is 1.01. The molecule has 326 valence electrons. The molecule has 0 amide bonds. The Morgan fingerprint density at radius 1 is 0.300 bits per heavy atom. The standard InChI is InChI=1S/C67H42N2S/c1-3-17-43(18-4-1)44-31-33-46(34-32-44)68(48-36-38-64-57(40-48)53-25-11-15-29-63(53)69(64)45-19-5-2-6-20-45)47-35-37-61-55(39-47)50-22-8-7-21-49(50)51-23-9-13-27-59(51)67(61)60-28-14-10-24-52(60)56-41-58-54-26-12-16-30-65(54)70-66(58)42-62(56)67/h1-42H. The number of aromatic nitrogens is 1. The molecule has 0 bridgehead atoms. The van der Waals surface area contributed by atoms with Crippen LogP contribution < -0.4 is 4.90 Å². The van der Waals surface area contributed by atoms with Crippen molar-refractivity contribution in [2.75, 3.05) is 4.90 Å². The average molecular weight is 907 g/mol. The van der Waals surface area contributed by atoms with Crippen molar-refractivity contribution in [3.8, 4) is 50.2 Å². The summed E-state index contributed by atoms with van der Waals surface area (Å²) in [5, 5.41) is 5.08. The molecule has 0 saturated carbocycles. The summed E-state index contributed by atoms with van der Waals surface area (Å²) in [7, 11) is 0. The second-order valence-electron chi connectivity index (χ2n) is 18.7. The Morgan fingerprint density at radius 2 is 0.829 bits per heavy atom. The zero-order valence-electron chi connectivity index (χ0n) is 38.1. The van der Waals surface area contributed by atoms with Gasteiger partial charge in [0.2, 0.25) is 0 Å². The van der Waals surface area contributed by atoms with E-state index in [9.17, 15) is 0 Å². The molecule has 15 rings (SSSR count). The van der Waals surface area contributed by atoms with Crippen LogP contribution in [0, 0.1) is 0 Å². The highest BCUT2D eigenvalue weighted by molar-refractivity contribution is 7.25. The van der Waals surface area contributed by atoms with Crippen LogP contribution in [-0.2, 0) is 5.41 Å². The van der Waals surface area contributed by atoms with Crippen LogP contribution in [0.25, 0.3) is 92.2 Å². The topological polar surface area (TPSA) is 8.17 Å². The van der Waals surface area contributed by atoms with Crippen LogP contribution >= 0.6 is 11.3 Å². The zero-order chi connectivity index (χ0) is 45.9. The van der Waals surface area contributed by atoms with Crippen molar-refractivity contribution in [2.45, 2.75) is 5.41 Å². The van der Waals surface area contributed by atoms with Gasteiger partial charge >= 0.3 is 0 Å². The van der Waals surface area contributed by atoms with E-state index in [0.717, 1.165) is 22.7 Å². The maximum atomic E-state index is 2.54. The molecular formula is C67H42N2S. The number of para-hydroxylation sites is 2. The van der Waals surface area contributed by atoms with Crippen molar-refractivity contribution in [3.63, 3.8) is 0 Å². The van der Waals surface area contributed by atoms with Gasteiger partial charge in [0, 0.05) is 53.7 Å². The van der Waals surface area contributed by atoms with E-state index in [2.05, 4.69) is 264 Å². The van der Waals surface area contributed by atoms with Gasteiger partial charge in [0.25, 0.3) is 0 Å². The smallest absolute Gasteiger partial charge is 0.0726 e. The number of anilines is 3. The van der Waals surface area contributed by atoms with Crippen molar-refractivity contribution in [1.29, 1.82) is 0 Å². The van der Waals surface area contributed by atoms with Gasteiger partial charge in [-0.05, 0) is 146 Å². The first-order valence-corrected chi connectivity index (χ1v) is 25.0. The van der Waals surface area contributed by atoms with Crippen LogP contribution in [0.1, 0.15) is 22.3 Å². The molecule has 1 spiro atoms. The molecule has 11 aromatic carbocycles. The summed E-state index contributed by atoms with van der Waals surface area (Å²) in [5.41, 5.74) is 21.5. The van der Waals surface area contributed by atoms with E-state index in [1.165, 1.54) is 109 Å². The van der Waals surface area contributed by atoms with Crippen LogP contribution in [-0.4, -0.2) is 4.57 Å². The molecular weight excluding hydrogens is 865 g/mol. The molecule has 0 radical (unpaired) electrons. The summed E-state index contributed by atoms with van der Waals surface area (Å²) in [6, 6.07) is 95.1. The highest BCUT2D eigenvalue weighted by atomic mass is 32.1. The molecule has 0 N–H and O–H groups in total. The van der Waals surface area contributed by atoms with Gasteiger partial charge < -0.3 is 9.47 Å². The molecule has 1 unspecified atom stereocenters. The first-order chi connectivity index (χ1) is 34.7. The number of hydrogen-bond acceptors (Lipinski definition) is 2. The second-order valence-corrected chi connectivity index (χ2v) is 19.8. The van der Waals surface area contributed by atoms with E-state index in [1.807, 2.05) is 11.3 Å². The van der Waals surface area contributed by atoms with E-state index in [0.29, 0.717) is 0 Å². The molecule has 1 atom stereocenters. The lowest BCUT2D eigenvalue weighted by atomic mass is 9.66. The molecule has 2 heterocycles. The third-order valence-corrected chi connectivity index (χ3v) is 16.3. The van der Waals surface area contributed by atoms with E-state index >= 15 is 0 Å². The lowest BCUT2D eigenvalue weighted by molar-refractivity contribution is 0.776. The van der Waals surface area contributed by atoms with E-state index < -0.39 is 5.41 Å². The largest absolute Gasteiger partial charge is 0.310 e. The van der Waals surface area contributed by atoms with Gasteiger partial charge in [-0.25, -0.2) is 0 Å². The summed E-state index contributed by atoms with van der Waals surface area (Å²) in [6.07, 6.45) is 0. The van der Waals surface area contributed by atoms with Crippen molar-refractivity contribution in [1.82, 2.24) is 4.57 Å². The molecule has 70 heavy (non-hydrogen) atoms. The molecule has 2 aromatic heterocycles. The predicted octanol–water partition coefficient (Wildman–Crippen LogP) is 18.3. The van der Waals surface area contributed by atoms with Gasteiger partial charge in [-0.15, -0.1) is 11.3 Å². The fraction of sp³-hybridized carbons (Fsp3) is 0.0149. The molecule has 2 aliphatic rings. The first-order valence-electron chi connectivity index (χ1n) is 24.2. The molecule has 0 aliphatic heterocycles. The lowest BCUT2D eigenvalue weighted by Gasteiger charge is -2.36. The van der Waals surface area contributed by atoms with Crippen molar-refractivity contribution < 1.29 is 0 Å². The van der Waals surface area contributed by atoms with Crippen LogP contribution in [0.15, 0.2) is 255 Å². The third kappa shape index (κ3) is 5.55. The normalized spacial score (nSPS) is 14.3. The third-order valence-electron chi connectivity index (χ3n) is 15.2. The van der Waals surface area contributed by atoms with Gasteiger partial charge in [0.15, 0.2) is 0 Å². The number of thiophene rings is 1. The number of fused-ring (bicyclic) bond motifs is 18. The molecule has 13 aromatic rings.